The Morgan fingerprint density at radius 2 is 2.12 bits per heavy atom. The Kier molecular flexibility index (Phi) is 3.24. The Balaban J connectivity index is 2.71. The van der Waals surface area contributed by atoms with Crippen molar-refractivity contribution in [3.05, 3.63) is 33.5 Å². The van der Waals surface area contributed by atoms with Crippen LogP contribution in [-0.2, 0) is 4.74 Å². The van der Waals surface area contributed by atoms with Crippen molar-refractivity contribution < 1.29 is 13.9 Å². The molecule has 0 N–H and O–H groups in total. The third kappa shape index (κ3) is 2.09. The fraction of sp³-hybridized carbons (Fsp3) is 0.308. The molecule has 17 heavy (non-hydrogen) atoms. The lowest BCUT2D eigenvalue weighted by Crippen LogP contribution is -2.05. The normalized spacial score (nSPS) is 10.8. The SMILES string of the molecule is CCOC(=O)c1c(C)oc2cc(Br)cc(C)c12. The molecule has 90 valence electrons. The summed E-state index contributed by atoms with van der Waals surface area (Å²) in [6.07, 6.45) is 0. The molecule has 1 aromatic heterocycles. The summed E-state index contributed by atoms with van der Waals surface area (Å²) in [5.74, 6) is 0.272. The van der Waals surface area contributed by atoms with E-state index >= 15 is 0 Å². The monoisotopic (exact) mass is 296 g/mol. The summed E-state index contributed by atoms with van der Waals surface area (Å²) in [5, 5.41) is 0.837. The fourth-order valence-corrected chi connectivity index (χ4v) is 2.51. The quantitative estimate of drug-likeness (QED) is 0.787. The Morgan fingerprint density at radius 1 is 1.41 bits per heavy atom. The van der Waals surface area contributed by atoms with Crippen LogP contribution in [0.4, 0.5) is 0 Å². The third-order valence-corrected chi connectivity index (χ3v) is 3.07. The zero-order valence-corrected chi connectivity index (χ0v) is 11.6. The summed E-state index contributed by atoms with van der Waals surface area (Å²) >= 11 is 3.41. The number of aryl methyl sites for hydroxylation is 2. The molecule has 4 heteroatoms. The van der Waals surface area contributed by atoms with Gasteiger partial charge in [-0.1, -0.05) is 15.9 Å². The van der Waals surface area contributed by atoms with Gasteiger partial charge in [0.15, 0.2) is 0 Å². The van der Waals surface area contributed by atoms with Gasteiger partial charge >= 0.3 is 5.97 Å². The van der Waals surface area contributed by atoms with Crippen LogP contribution in [-0.4, -0.2) is 12.6 Å². The number of rotatable bonds is 2. The number of esters is 1. The summed E-state index contributed by atoms with van der Waals surface area (Å²) < 4.78 is 11.6. The maximum atomic E-state index is 11.9. The second-order valence-electron chi connectivity index (χ2n) is 3.85. The molecule has 0 aliphatic heterocycles. The highest BCUT2D eigenvalue weighted by atomic mass is 79.9. The largest absolute Gasteiger partial charge is 0.462 e. The van der Waals surface area contributed by atoms with E-state index < -0.39 is 0 Å². The number of ether oxygens (including phenoxy) is 1. The highest BCUT2D eigenvalue weighted by molar-refractivity contribution is 9.10. The molecule has 0 fully saturated rings. The van der Waals surface area contributed by atoms with Crippen molar-refractivity contribution >= 4 is 32.9 Å². The number of hydrogen-bond acceptors (Lipinski definition) is 3. The maximum Gasteiger partial charge on any atom is 0.342 e. The van der Waals surface area contributed by atoms with Gasteiger partial charge in [0, 0.05) is 9.86 Å². The van der Waals surface area contributed by atoms with Crippen molar-refractivity contribution in [2.24, 2.45) is 0 Å². The Morgan fingerprint density at radius 3 is 2.76 bits per heavy atom. The zero-order chi connectivity index (χ0) is 12.6. The van der Waals surface area contributed by atoms with Gasteiger partial charge in [0.2, 0.25) is 0 Å². The van der Waals surface area contributed by atoms with E-state index in [1.54, 1.807) is 13.8 Å². The van der Waals surface area contributed by atoms with Gasteiger partial charge in [-0.25, -0.2) is 4.79 Å². The Labute approximate surface area is 108 Å². The molecule has 0 spiro atoms. The van der Waals surface area contributed by atoms with E-state index in [0.29, 0.717) is 23.5 Å². The first kappa shape index (κ1) is 12.2. The van der Waals surface area contributed by atoms with Crippen LogP contribution in [0, 0.1) is 13.8 Å². The maximum absolute atomic E-state index is 11.9. The molecule has 1 aromatic carbocycles. The van der Waals surface area contributed by atoms with E-state index in [-0.39, 0.29) is 5.97 Å². The molecule has 1 heterocycles. The van der Waals surface area contributed by atoms with E-state index in [1.807, 2.05) is 19.1 Å². The summed E-state index contributed by atoms with van der Waals surface area (Å²) in [6.45, 7) is 5.88. The molecule has 0 bridgehead atoms. The van der Waals surface area contributed by atoms with Crippen LogP contribution in [0.25, 0.3) is 11.0 Å². The second-order valence-corrected chi connectivity index (χ2v) is 4.77. The van der Waals surface area contributed by atoms with Crippen LogP contribution in [0.15, 0.2) is 21.0 Å². The van der Waals surface area contributed by atoms with E-state index in [2.05, 4.69) is 15.9 Å². The zero-order valence-electron chi connectivity index (χ0n) is 9.96. The van der Waals surface area contributed by atoms with E-state index in [0.717, 1.165) is 15.4 Å². The van der Waals surface area contributed by atoms with E-state index in [4.69, 9.17) is 9.15 Å². The summed E-state index contributed by atoms with van der Waals surface area (Å²) in [4.78, 5) is 11.9. The van der Waals surface area contributed by atoms with Crippen LogP contribution in [0.1, 0.15) is 28.6 Å². The van der Waals surface area contributed by atoms with Gasteiger partial charge < -0.3 is 9.15 Å². The molecule has 0 amide bonds. The first-order chi connectivity index (χ1) is 8.04. The summed E-state index contributed by atoms with van der Waals surface area (Å²) in [6, 6.07) is 3.82. The average Bonchev–Trinajstić information content (AvgIpc) is 2.54. The van der Waals surface area contributed by atoms with Crippen LogP contribution in [0.3, 0.4) is 0 Å². The van der Waals surface area contributed by atoms with Crippen molar-refractivity contribution in [1.29, 1.82) is 0 Å². The van der Waals surface area contributed by atoms with Gasteiger partial charge in [-0.05, 0) is 38.5 Å². The van der Waals surface area contributed by atoms with Gasteiger partial charge in [-0.15, -0.1) is 0 Å². The third-order valence-electron chi connectivity index (χ3n) is 2.61. The van der Waals surface area contributed by atoms with Crippen LogP contribution < -0.4 is 0 Å². The number of furan rings is 1. The number of fused-ring (bicyclic) bond motifs is 1. The van der Waals surface area contributed by atoms with Gasteiger partial charge in [-0.3, -0.25) is 0 Å². The lowest BCUT2D eigenvalue weighted by Gasteiger charge is -2.02. The summed E-state index contributed by atoms with van der Waals surface area (Å²) in [5.41, 5.74) is 2.23. The lowest BCUT2D eigenvalue weighted by atomic mass is 10.1. The number of carbonyl (C=O) groups is 1. The average molecular weight is 297 g/mol. The molecule has 0 aliphatic rings. The minimum absolute atomic E-state index is 0.325. The topological polar surface area (TPSA) is 39.4 Å². The fourth-order valence-electron chi connectivity index (χ4n) is 1.95. The van der Waals surface area contributed by atoms with E-state index in [1.165, 1.54) is 0 Å². The highest BCUT2D eigenvalue weighted by Crippen LogP contribution is 2.31. The van der Waals surface area contributed by atoms with Gasteiger partial charge in [0.25, 0.3) is 0 Å². The molecule has 2 rings (SSSR count). The smallest absolute Gasteiger partial charge is 0.342 e. The van der Waals surface area contributed by atoms with Crippen molar-refractivity contribution in [1.82, 2.24) is 0 Å². The van der Waals surface area contributed by atoms with Crippen LogP contribution >= 0.6 is 15.9 Å². The minimum atomic E-state index is -0.325. The van der Waals surface area contributed by atoms with Crippen molar-refractivity contribution in [2.45, 2.75) is 20.8 Å². The van der Waals surface area contributed by atoms with E-state index in [9.17, 15) is 4.79 Å². The van der Waals surface area contributed by atoms with Crippen molar-refractivity contribution in [2.75, 3.05) is 6.61 Å². The molecular weight excluding hydrogens is 284 g/mol. The molecular formula is C13H13BrO3. The molecule has 0 radical (unpaired) electrons. The predicted octanol–water partition coefficient (Wildman–Crippen LogP) is 3.99. The summed E-state index contributed by atoms with van der Waals surface area (Å²) in [7, 11) is 0. The van der Waals surface area contributed by atoms with Crippen molar-refractivity contribution in [3.8, 4) is 0 Å². The Hall–Kier alpha value is -1.29. The van der Waals surface area contributed by atoms with Crippen molar-refractivity contribution in [3.63, 3.8) is 0 Å². The van der Waals surface area contributed by atoms with Gasteiger partial charge in [0.05, 0.1) is 6.61 Å². The first-order valence-electron chi connectivity index (χ1n) is 5.41. The minimum Gasteiger partial charge on any atom is -0.462 e. The Bertz CT molecular complexity index is 584. The first-order valence-corrected chi connectivity index (χ1v) is 6.20. The standard InChI is InChI=1S/C13H13BrO3/c1-4-16-13(15)12-8(3)17-10-6-9(14)5-7(2)11(10)12/h5-6H,4H2,1-3H3. The van der Waals surface area contributed by atoms with Crippen LogP contribution in [0.2, 0.25) is 0 Å². The molecule has 0 saturated heterocycles. The molecule has 0 aliphatic carbocycles. The van der Waals surface area contributed by atoms with Crippen LogP contribution in [0.5, 0.6) is 0 Å². The number of hydrogen-bond donors (Lipinski definition) is 0. The van der Waals surface area contributed by atoms with Gasteiger partial charge in [0.1, 0.15) is 16.9 Å². The van der Waals surface area contributed by atoms with Gasteiger partial charge in [-0.2, -0.15) is 0 Å². The number of carbonyl (C=O) groups excluding carboxylic acids is 1. The second kappa shape index (κ2) is 4.53. The number of halogens is 1. The highest BCUT2D eigenvalue weighted by Gasteiger charge is 2.20. The molecule has 0 saturated carbocycles. The number of benzene rings is 1. The molecule has 2 aromatic rings. The lowest BCUT2D eigenvalue weighted by molar-refractivity contribution is 0.0526. The molecule has 0 unspecified atom stereocenters. The molecule has 3 nitrogen and oxygen atoms in total. The molecule has 0 atom stereocenters. The predicted molar refractivity (Wildman–Crippen MR) is 69.3 cm³/mol.